The summed E-state index contributed by atoms with van der Waals surface area (Å²) in [6.45, 7) is 6.41. The van der Waals surface area contributed by atoms with E-state index in [1.54, 1.807) is 24.4 Å². The largest absolute Gasteiger partial charge is 0.465 e. The number of anilines is 4. The Kier molecular flexibility index (Phi) is 5.89. The average molecular weight is 376 g/mol. The molecule has 144 valence electrons. The van der Waals surface area contributed by atoms with Crippen molar-refractivity contribution in [3.05, 3.63) is 71.4 Å². The van der Waals surface area contributed by atoms with Gasteiger partial charge in [-0.1, -0.05) is 38.1 Å². The fourth-order valence-corrected chi connectivity index (χ4v) is 2.93. The Morgan fingerprint density at radius 1 is 1.07 bits per heavy atom. The van der Waals surface area contributed by atoms with Crippen LogP contribution >= 0.6 is 0 Å². The number of hydrogen-bond donors (Lipinski definition) is 2. The molecular formula is C22H24N4O2. The molecule has 2 N–H and O–H groups in total. The highest BCUT2D eigenvalue weighted by atomic mass is 16.5. The maximum Gasteiger partial charge on any atom is 0.337 e. The predicted molar refractivity (Wildman–Crippen MR) is 112 cm³/mol. The van der Waals surface area contributed by atoms with Gasteiger partial charge in [-0.3, -0.25) is 0 Å². The van der Waals surface area contributed by atoms with Gasteiger partial charge < -0.3 is 15.4 Å². The summed E-state index contributed by atoms with van der Waals surface area (Å²) < 4.78 is 4.76. The molecule has 28 heavy (non-hydrogen) atoms. The average Bonchev–Trinajstić information content (AvgIpc) is 2.69. The van der Waals surface area contributed by atoms with Gasteiger partial charge in [0, 0.05) is 17.6 Å². The maximum atomic E-state index is 11.7. The molecule has 0 spiro atoms. The lowest BCUT2D eigenvalue weighted by atomic mass is 9.98. The molecule has 2 aromatic carbocycles. The first-order valence-electron chi connectivity index (χ1n) is 9.13. The first-order valence-corrected chi connectivity index (χ1v) is 9.13. The number of nitrogens with one attached hydrogen (secondary N) is 2. The second kappa shape index (κ2) is 8.52. The summed E-state index contributed by atoms with van der Waals surface area (Å²) in [5.41, 5.74) is 4.63. The lowest BCUT2D eigenvalue weighted by Gasteiger charge is -2.17. The molecule has 0 radical (unpaired) electrons. The van der Waals surface area contributed by atoms with Crippen molar-refractivity contribution in [1.82, 2.24) is 9.97 Å². The number of benzene rings is 2. The lowest BCUT2D eigenvalue weighted by molar-refractivity contribution is 0.0601. The van der Waals surface area contributed by atoms with Gasteiger partial charge in [0.15, 0.2) is 0 Å². The smallest absolute Gasteiger partial charge is 0.337 e. The number of hydrogen-bond acceptors (Lipinski definition) is 6. The summed E-state index contributed by atoms with van der Waals surface area (Å²) in [5, 5.41) is 6.55. The Hall–Kier alpha value is -3.41. The number of nitrogens with zero attached hydrogens (tertiary/aromatic N) is 2. The molecule has 0 saturated carbocycles. The number of carbonyl (C=O) groups excluding carboxylic acids is 1. The molecule has 3 aromatic rings. The Bertz CT molecular complexity index is 986. The van der Waals surface area contributed by atoms with Crippen LogP contribution in [0.1, 0.15) is 41.3 Å². The minimum Gasteiger partial charge on any atom is -0.465 e. The van der Waals surface area contributed by atoms with E-state index in [0.717, 1.165) is 11.3 Å². The van der Waals surface area contributed by atoms with Gasteiger partial charge in [-0.05, 0) is 48.2 Å². The molecule has 6 heteroatoms. The van der Waals surface area contributed by atoms with E-state index in [4.69, 9.17) is 4.74 Å². The number of aromatic nitrogens is 2. The fraction of sp³-hybridized carbons (Fsp3) is 0.227. The third-order valence-electron chi connectivity index (χ3n) is 4.38. The van der Waals surface area contributed by atoms with Gasteiger partial charge in [0.1, 0.15) is 5.82 Å². The molecule has 0 aliphatic carbocycles. The molecule has 6 nitrogen and oxygen atoms in total. The molecule has 0 unspecified atom stereocenters. The number of methoxy groups -OCH3 is 1. The zero-order valence-electron chi connectivity index (χ0n) is 16.5. The van der Waals surface area contributed by atoms with Crippen molar-refractivity contribution >= 4 is 29.1 Å². The molecule has 0 aliphatic heterocycles. The molecular weight excluding hydrogens is 352 g/mol. The molecule has 3 rings (SSSR count). The van der Waals surface area contributed by atoms with Gasteiger partial charge in [0.2, 0.25) is 5.95 Å². The van der Waals surface area contributed by atoms with Gasteiger partial charge in [-0.15, -0.1) is 0 Å². The van der Waals surface area contributed by atoms with Crippen molar-refractivity contribution in [3.8, 4) is 0 Å². The fourth-order valence-electron chi connectivity index (χ4n) is 2.93. The van der Waals surface area contributed by atoms with Crippen LogP contribution in [0.2, 0.25) is 0 Å². The summed E-state index contributed by atoms with van der Waals surface area (Å²) in [5.74, 6) is 1.13. The van der Waals surface area contributed by atoms with E-state index in [1.807, 2.05) is 12.1 Å². The normalized spacial score (nSPS) is 10.6. The summed E-state index contributed by atoms with van der Waals surface area (Å²) in [4.78, 5) is 20.5. The van der Waals surface area contributed by atoms with Crippen LogP contribution < -0.4 is 10.6 Å². The molecule has 0 saturated heterocycles. The Balaban J connectivity index is 1.84. The number of rotatable bonds is 6. The van der Waals surface area contributed by atoms with Gasteiger partial charge >= 0.3 is 5.97 Å². The summed E-state index contributed by atoms with van der Waals surface area (Å²) in [7, 11) is 1.36. The number of esters is 1. The van der Waals surface area contributed by atoms with E-state index in [-0.39, 0.29) is 5.97 Å². The van der Waals surface area contributed by atoms with Crippen molar-refractivity contribution in [2.75, 3.05) is 17.7 Å². The van der Waals surface area contributed by atoms with Crippen LogP contribution in [0.25, 0.3) is 0 Å². The van der Waals surface area contributed by atoms with Gasteiger partial charge in [-0.25, -0.2) is 9.78 Å². The monoisotopic (exact) mass is 376 g/mol. The van der Waals surface area contributed by atoms with Crippen LogP contribution in [0.3, 0.4) is 0 Å². The van der Waals surface area contributed by atoms with E-state index in [2.05, 4.69) is 59.6 Å². The highest BCUT2D eigenvalue weighted by Crippen LogP contribution is 2.30. The van der Waals surface area contributed by atoms with Crippen molar-refractivity contribution in [3.63, 3.8) is 0 Å². The molecule has 1 aromatic heterocycles. The third kappa shape index (κ3) is 4.46. The quantitative estimate of drug-likeness (QED) is 0.577. The minimum atomic E-state index is -0.388. The minimum absolute atomic E-state index is 0.388. The second-order valence-corrected chi connectivity index (χ2v) is 6.78. The van der Waals surface area contributed by atoms with E-state index in [0.29, 0.717) is 28.9 Å². The number of aryl methyl sites for hydroxylation is 1. The number of carbonyl (C=O) groups is 1. The zero-order valence-corrected chi connectivity index (χ0v) is 16.5. The van der Waals surface area contributed by atoms with Crippen LogP contribution in [0.15, 0.2) is 54.7 Å². The molecule has 0 atom stereocenters. The number of ether oxygens (including phenoxy) is 1. The lowest BCUT2D eigenvalue weighted by Crippen LogP contribution is -2.05. The SMILES string of the molecule is COC(=O)c1cccc(Nc2nccc(Nc3c(C)cccc3C(C)C)n2)c1. The first-order chi connectivity index (χ1) is 13.5. The molecule has 1 heterocycles. The second-order valence-electron chi connectivity index (χ2n) is 6.78. The first kappa shape index (κ1) is 19.4. The predicted octanol–water partition coefficient (Wildman–Crippen LogP) is 5.18. The maximum absolute atomic E-state index is 11.7. The Morgan fingerprint density at radius 2 is 1.86 bits per heavy atom. The molecule has 0 amide bonds. The Morgan fingerprint density at radius 3 is 2.61 bits per heavy atom. The van der Waals surface area contributed by atoms with Crippen LogP contribution in [-0.4, -0.2) is 23.0 Å². The zero-order chi connectivity index (χ0) is 20.1. The van der Waals surface area contributed by atoms with Crippen molar-refractivity contribution in [2.45, 2.75) is 26.7 Å². The van der Waals surface area contributed by atoms with E-state index < -0.39 is 0 Å². The van der Waals surface area contributed by atoms with Gasteiger partial charge in [0.05, 0.1) is 12.7 Å². The third-order valence-corrected chi connectivity index (χ3v) is 4.38. The summed E-state index contributed by atoms with van der Waals surface area (Å²) >= 11 is 0. The standard InChI is InChI=1S/C22H24N4O2/c1-14(2)18-10-5-7-15(3)20(18)25-19-11-12-23-22(26-19)24-17-9-6-8-16(13-17)21(27)28-4/h5-14H,1-4H3,(H2,23,24,25,26). The van der Waals surface area contributed by atoms with Crippen LogP contribution in [0.5, 0.6) is 0 Å². The van der Waals surface area contributed by atoms with Gasteiger partial charge in [-0.2, -0.15) is 4.98 Å². The molecule has 0 aliphatic rings. The van der Waals surface area contributed by atoms with Crippen molar-refractivity contribution in [2.24, 2.45) is 0 Å². The number of para-hydroxylation sites is 1. The van der Waals surface area contributed by atoms with Crippen LogP contribution in [0, 0.1) is 6.92 Å². The molecule has 0 bridgehead atoms. The highest BCUT2D eigenvalue weighted by molar-refractivity contribution is 5.90. The summed E-state index contributed by atoms with van der Waals surface area (Å²) in [6, 6.07) is 15.1. The van der Waals surface area contributed by atoms with Crippen LogP contribution in [-0.2, 0) is 4.74 Å². The Labute approximate surface area is 165 Å². The highest BCUT2D eigenvalue weighted by Gasteiger charge is 2.11. The van der Waals surface area contributed by atoms with Crippen molar-refractivity contribution in [1.29, 1.82) is 0 Å². The topological polar surface area (TPSA) is 76.1 Å². The van der Waals surface area contributed by atoms with E-state index >= 15 is 0 Å². The summed E-state index contributed by atoms with van der Waals surface area (Å²) in [6.07, 6.45) is 1.69. The van der Waals surface area contributed by atoms with Gasteiger partial charge in [0.25, 0.3) is 0 Å². The van der Waals surface area contributed by atoms with E-state index in [9.17, 15) is 4.79 Å². The van der Waals surface area contributed by atoms with Crippen LogP contribution in [0.4, 0.5) is 23.1 Å². The van der Waals surface area contributed by atoms with Crippen molar-refractivity contribution < 1.29 is 9.53 Å². The molecule has 0 fully saturated rings. The van der Waals surface area contributed by atoms with E-state index in [1.165, 1.54) is 12.7 Å².